The van der Waals surface area contributed by atoms with Crippen LogP contribution < -0.4 is 16.2 Å². The van der Waals surface area contributed by atoms with Crippen molar-refractivity contribution < 1.29 is 0 Å². The minimum atomic E-state index is -0.294. The molecule has 2 heterocycles. The van der Waals surface area contributed by atoms with Crippen molar-refractivity contribution in [2.45, 2.75) is 19.4 Å². The van der Waals surface area contributed by atoms with Crippen molar-refractivity contribution in [2.24, 2.45) is 0 Å². The number of anilines is 1. The van der Waals surface area contributed by atoms with Crippen molar-refractivity contribution in [3.05, 3.63) is 45.9 Å². The van der Waals surface area contributed by atoms with Crippen molar-refractivity contribution in [3.63, 3.8) is 0 Å². The highest BCUT2D eigenvalue weighted by Gasteiger charge is 2.08. The Morgan fingerprint density at radius 1 is 1.60 bits per heavy atom. The number of nitrogens with one attached hydrogen (secondary N) is 2. The fraction of sp³-hybridized carbons (Fsp3) is 0.429. The summed E-state index contributed by atoms with van der Waals surface area (Å²) in [4.78, 5) is 11.9. The predicted octanol–water partition coefficient (Wildman–Crippen LogP) is 1.80. The summed E-state index contributed by atoms with van der Waals surface area (Å²) in [7, 11) is 0. The molecule has 20 heavy (non-hydrogen) atoms. The van der Waals surface area contributed by atoms with Crippen LogP contribution in [-0.2, 0) is 6.54 Å². The molecule has 1 aliphatic rings. The lowest BCUT2D eigenvalue weighted by atomic mass is 10.1. The van der Waals surface area contributed by atoms with Crippen LogP contribution in [0.2, 0.25) is 5.02 Å². The molecule has 0 atom stereocenters. The molecular formula is C14H19ClN4O. The second-order valence-corrected chi connectivity index (χ2v) is 5.02. The quantitative estimate of drug-likeness (QED) is 0.786. The molecule has 0 aliphatic carbocycles. The lowest BCUT2D eigenvalue weighted by Gasteiger charge is -2.15. The van der Waals surface area contributed by atoms with Crippen LogP contribution in [0.3, 0.4) is 0 Å². The monoisotopic (exact) mass is 294 g/mol. The largest absolute Gasteiger partial charge is 0.382 e. The van der Waals surface area contributed by atoms with Crippen LogP contribution >= 0.6 is 11.6 Å². The van der Waals surface area contributed by atoms with Gasteiger partial charge in [0.1, 0.15) is 5.02 Å². The highest BCUT2D eigenvalue weighted by atomic mass is 35.5. The van der Waals surface area contributed by atoms with E-state index >= 15 is 0 Å². The summed E-state index contributed by atoms with van der Waals surface area (Å²) >= 11 is 6.06. The second-order valence-electron chi connectivity index (χ2n) is 4.64. The maximum absolute atomic E-state index is 11.9. The van der Waals surface area contributed by atoms with Gasteiger partial charge in [-0.25, -0.2) is 4.68 Å². The second kappa shape index (κ2) is 7.26. The predicted molar refractivity (Wildman–Crippen MR) is 82.4 cm³/mol. The zero-order chi connectivity index (χ0) is 14.4. The van der Waals surface area contributed by atoms with Gasteiger partial charge in [-0.3, -0.25) is 4.79 Å². The Morgan fingerprint density at radius 3 is 3.15 bits per heavy atom. The molecule has 108 valence electrons. The van der Waals surface area contributed by atoms with Crippen molar-refractivity contribution in [3.8, 4) is 0 Å². The third kappa shape index (κ3) is 3.71. The molecule has 0 bridgehead atoms. The van der Waals surface area contributed by atoms with Crippen LogP contribution in [0.4, 0.5) is 5.69 Å². The van der Waals surface area contributed by atoms with Crippen molar-refractivity contribution in [1.82, 2.24) is 15.1 Å². The molecule has 0 spiro atoms. The Balaban J connectivity index is 1.96. The Morgan fingerprint density at radius 2 is 2.45 bits per heavy atom. The van der Waals surface area contributed by atoms with E-state index in [2.05, 4.69) is 28.4 Å². The molecule has 2 N–H and O–H groups in total. The van der Waals surface area contributed by atoms with Crippen molar-refractivity contribution >= 4 is 17.3 Å². The topological polar surface area (TPSA) is 59.0 Å². The zero-order valence-electron chi connectivity index (χ0n) is 11.4. The van der Waals surface area contributed by atoms with Crippen LogP contribution in [-0.4, -0.2) is 29.4 Å². The molecule has 5 nitrogen and oxygen atoms in total. The van der Waals surface area contributed by atoms with E-state index in [1.165, 1.54) is 10.3 Å². The number of nitrogens with zero attached hydrogens (tertiary/aromatic N) is 2. The van der Waals surface area contributed by atoms with E-state index in [-0.39, 0.29) is 10.6 Å². The van der Waals surface area contributed by atoms with E-state index in [1.54, 1.807) is 12.3 Å². The van der Waals surface area contributed by atoms with Gasteiger partial charge in [-0.2, -0.15) is 5.10 Å². The maximum atomic E-state index is 11.9. The molecule has 0 amide bonds. The van der Waals surface area contributed by atoms with E-state index in [1.807, 2.05) is 0 Å². The number of allylic oxidation sites excluding steroid dienone is 1. The summed E-state index contributed by atoms with van der Waals surface area (Å²) in [6.45, 7) is 6.66. The van der Waals surface area contributed by atoms with E-state index in [4.69, 9.17) is 11.6 Å². The summed E-state index contributed by atoms with van der Waals surface area (Å²) in [5, 5.41) is 10.7. The van der Waals surface area contributed by atoms with Crippen LogP contribution in [0.1, 0.15) is 12.8 Å². The average molecular weight is 295 g/mol. The van der Waals surface area contributed by atoms with Gasteiger partial charge in [-0.15, -0.1) is 6.58 Å². The third-order valence-electron chi connectivity index (χ3n) is 3.21. The van der Waals surface area contributed by atoms with E-state index in [0.717, 1.165) is 32.5 Å². The highest BCUT2D eigenvalue weighted by molar-refractivity contribution is 6.32. The molecule has 0 saturated carbocycles. The molecule has 0 fully saturated rings. The standard InChI is InChI=1S/C14H19ClN4O/c1-2-9-19-14(20)13(15)12(10-18-19)17-8-5-11-3-6-16-7-4-11/h2-3,10,16-17H,1,4-9H2. The van der Waals surface area contributed by atoms with Gasteiger partial charge in [0.2, 0.25) is 0 Å². The van der Waals surface area contributed by atoms with Gasteiger partial charge in [0.15, 0.2) is 0 Å². The van der Waals surface area contributed by atoms with Gasteiger partial charge in [0.25, 0.3) is 5.56 Å². The summed E-state index contributed by atoms with van der Waals surface area (Å²) in [6.07, 6.45) is 7.45. The Hall–Kier alpha value is -1.59. The van der Waals surface area contributed by atoms with Crippen LogP contribution in [0.5, 0.6) is 0 Å². The molecule has 0 saturated heterocycles. The minimum absolute atomic E-state index is 0.182. The fourth-order valence-electron chi connectivity index (χ4n) is 2.09. The van der Waals surface area contributed by atoms with Crippen molar-refractivity contribution in [2.75, 3.05) is 25.0 Å². The molecule has 2 rings (SSSR count). The van der Waals surface area contributed by atoms with Gasteiger partial charge < -0.3 is 10.6 Å². The fourth-order valence-corrected chi connectivity index (χ4v) is 2.31. The zero-order valence-corrected chi connectivity index (χ0v) is 12.1. The summed E-state index contributed by atoms with van der Waals surface area (Å²) in [6, 6.07) is 0. The Kier molecular flexibility index (Phi) is 5.38. The maximum Gasteiger partial charge on any atom is 0.287 e. The number of hydrogen-bond acceptors (Lipinski definition) is 4. The van der Waals surface area contributed by atoms with Crippen LogP contribution in [0.15, 0.2) is 35.3 Å². The first kappa shape index (κ1) is 14.8. The molecule has 1 aromatic heterocycles. The Bertz CT molecular complexity index is 565. The lowest BCUT2D eigenvalue weighted by Crippen LogP contribution is -2.24. The Labute approximate surface area is 123 Å². The van der Waals surface area contributed by atoms with Gasteiger partial charge >= 0.3 is 0 Å². The summed E-state index contributed by atoms with van der Waals surface area (Å²) < 4.78 is 1.29. The SMILES string of the molecule is C=CCn1ncc(NCCC2=CCNCC2)c(Cl)c1=O. The smallest absolute Gasteiger partial charge is 0.287 e. The number of aromatic nitrogens is 2. The molecule has 0 radical (unpaired) electrons. The normalized spacial score (nSPS) is 14.8. The first-order valence-corrected chi connectivity index (χ1v) is 7.09. The third-order valence-corrected chi connectivity index (χ3v) is 3.57. The highest BCUT2D eigenvalue weighted by Crippen LogP contribution is 2.16. The first-order chi connectivity index (χ1) is 9.72. The van der Waals surface area contributed by atoms with Crippen LogP contribution in [0, 0.1) is 0 Å². The number of halogens is 1. The molecule has 0 unspecified atom stereocenters. The molecular weight excluding hydrogens is 276 g/mol. The lowest BCUT2D eigenvalue weighted by molar-refractivity contribution is 0.652. The van der Waals surface area contributed by atoms with Crippen molar-refractivity contribution in [1.29, 1.82) is 0 Å². The average Bonchev–Trinajstić information content (AvgIpc) is 2.48. The van der Waals surface area contributed by atoms with E-state index in [9.17, 15) is 4.79 Å². The molecule has 0 aromatic carbocycles. The van der Waals surface area contributed by atoms with Gasteiger partial charge in [-0.1, -0.05) is 29.3 Å². The molecule has 6 heteroatoms. The van der Waals surface area contributed by atoms with Gasteiger partial charge in [0.05, 0.1) is 18.4 Å². The summed E-state index contributed by atoms with van der Waals surface area (Å²) in [5.41, 5.74) is 1.73. The van der Waals surface area contributed by atoms with E-state index < -0.39 is 0 Å². The summed E-state index contributed by atoms with van der Waals surface area (Å²) in [5.74, 6) is 0. The van der Waals surface area contributed by atoms with Crippen LogP contribution in [0.25, 0.3) is 0 Å². The first-order valence-electron chi connectivity index (χ1n) is 6.71. The number of hydrogen-bond donors (Lipinski definition) is 2. The molecule has 1 aliphatic heterocycles. The van der Waals surface area contributed by atoms with Gasteiger partial charge in [0, 0.05) is 13.1 Å². The van der Waals surface area contributed by atoms with E-state index in [0.29, 0.717) is 12.2 Å². The number of rotatable bonds is 6. The molecule has 1 aromatic rings. The minimum Gasteiger partial charge on any atom is -0.382 e. The van der Waals surface area contributed by atoms with Gasteiger partial charge in [-0.05, 0) is 19.4 Å².